The first-order chi connectivity index (χ1) is 34.9. The Bertz CT molecular complexity index is 2690. The summed E-state index contributed by atoms with van der Waals surface area (Å²) in [4.78, 5) is 25.2. The van der Waals surface area contributed by atoms with Crippen LogP contribution in [0.25, 0.3) is 10.8 Å². The molecule has 7 atom stereocenters. The summed E-state index contributed by atoms with van der Waals surface area (Å²) < 4.78 is 27.6. The van der Waals surface area contributed by atoms with Crippen molar-refractivity contribution in [1.82, 2.24) is 4.90 Å². The molecule has 2 fully saturated rings. The number of amides is 1. The lowest BCUT2D eigenvalue weighted by molar-refractivity contribution is -0.255. The maximum atomic E-state index is 15.7. The maximum Gasteiger partial charge on any atom is 0.254 e. The predicted molar refractivity (Wildman–Crippen MR) is 277 cm³/mol. The zero-order chi connectivity index (χ0) is 49.0. The van der Waals surface area contributed by atoms with Crippen molar-refractivity contribution < 1.29 is 38.8 Å². The number of nitriles is 1. The summed E-state index contributed by atoms with van der Waals surface area (Å²) in [5, 5.41) is 37.1. The number of carbonyl (C=O) groups is 1. The van der Waals surface area contributed by atoms with Crippen LogP contribution < -0.4 is 9.47 Å². The number of allylic oxidation sites excluding steroid dienone is 1. The van der Waals surface area contributed by atoms with E-state index in [0.717, 1.165) is 77.5 Å². The van der Waals surface area contributed by atoms with Crippen LogP contribution in [-0.2, 0) is 20.9 Å². The molecule has 1 saturated heterocycles. The number of oxime groups is 1. The van der Waals surface area contributed by atoms with Gasteiger partial charge in [0.05, 0.1) is 43.1 Å². The molecule has 11 nitrogen and oxygen atoms in total. The number of aliphatic hydroxyl groups is 2. The Morgan fingerprint density at radius 3 is 2.49 bits per heavy atom. The molecule has 12 heteroatoms. The van der Waals surface area contributed by atoms with Crippen molar-refractivity contribution >= 4 is 34.2 Å². The second-order valence-corrected chi connectivity index (χ2v) is 20.1. The number of thioether (sulfide) groups is 1. The van der Waals surface area contributed by atoms with Crippen LogP contribution in [0.15, 0.2) is 150 Å². The van der Waals surface area contributed by atoms with Gasteiger partial charge in [-0.15, -0.1) is 18.3 Å². The minimum absolute atomic E-state index is 0.0376. The zero-order valence-electron chi connectivity index (χ0n) is 40.4. The van der Waals surface area contributed by atoms with Crippen molar-refractivity contribution in [2.75, 3.05) is 38.8 Å². The topological polar surface area (TPSA) is 143 Å². The molecule has 2 heterocycles. The summed E-state index contributed by atoms with van der Waals surface area (Å²) in [7, 11) is 0. The van der Waals surface area contributed by atoms with Crippen LogP contribution in [0.2, 0.25) is 0 Å². The molecule has 0 spiro atoms. The van der Waals surface area contributed by atoms with Gasteiger partial charge < -0.3 is 38.9 Å². The number of unbranched alkanes of at least 4 members (excludes halogenated alkanes) is 2. The molecule has 0 radical (unpaired) electrons. The monoisotopic (exact) mass is 975 g/mol. The van der Waals surface area contributed by atoms with Gasteiger partial charge >= 0.3 is 0 Å². The fourth-order valence-corrected chi connectivity index (χ4v) is 12.0. The first kappa shape index (κ1) is 50.0. The van der Waals surface area contributed by atoms with Crippen LogP contribution in [-0.4, -0.2) is 83.6 Å². The van der Waals surface area contributed by atoms with Gasteiger partial charge in [-0.05, 0) is 127 Å². The summed E-state index contributed by atoms with van der Waals surface area (Å²) in [6, 6.07) is 39.0. The van der Waals surface area contributed by atoms with E-state index in [0.29, 0.717) is 55.1 Å². The highest BCUT2D eigenvalue weighted by Crippen LogP contribution is 2.62. The first-order valence-electron chi connectivity index (χ1n) is 25.4. The summed E-state index contributed by atoms with van der Waals surface area (Å²) in [6.45, 7) is 5.73. The number of ether oxygens (including phenoxy) is 4. The number of aliphatic hydroxyl groups excluding tert-OH is 2. The lowest BCUT2D eigenvalue weighted by Crippen LogP contribution is -2.70. The molecule has 2 aliphatic heterocycles. The summed E-state index contributed by atoms with van der Waals surface area (Å²) >= 11 is 1.75. The van der Waals surface area contributed by atoms with Crippen LogP contribution in [0.5, 0.6) is 11.5 Å². The van der Waals surface area contributed by atoms with E-state index in [2.05, 4.69) is 61.2 Å². The van der Waals surface area contributed by atoms with Crippen molar-refractivity contribution in [1.29, 1.82) is 5.26 Å². The third kappa shape index (κ3) is 11.3. The molecule has 4 aliphatic rings. The zero-order valence-corrected chi connectivity index (χ0v) is 41.2. The van der Waals surface area contributed by atoms with Gasteiger partial charge in [-0.25, -0.2) is 0 Å². The molecule has 370 valence electrons. The molecule has 2 aliphatic carbocycles. The fraction of sp³-hybridized carbons (Fsp3) is 0.407. The minimum Gasteiger partial charge on any atom is -0.493 e. The van der Waals surface area contributed by atoms with Crippen LogP contribution in [0, 0.1) is 29.1 Å². The number of rotatable bonds is 22. The molecule has 1 saturated carbocycles. The molecule has 0 bridgehead atoms. The Labute approximate surface area is 422 Å². The first-order valence-corrected chi connectivity index (χ1v) is 26.4. The second kappa shape index (κ2) is 24.0. The van der Waals surface area contributed by atoms with Crippen molar-refractivity contribution in [3.63, 3.8) is 0 Å². The summed E-state index contributed by atoms with van der Waals surface area (Å²) in [6.07, 6.45) is 11.0. The number of nitrogens with zero attached hydrogens (tertiary/aromatic N) is 3. The fourth-order valence-electron chi connectivity index (χ4n) is 11.3. The van der Waals surface area contributed by atoms with Gasteiger partial charge in [-0.2, -0.15) is 5.26 Å². The normalized spacial score (nSPS) is 23.9. The standard InChI is InChI=1S/C59H65N3O8S/c1-2-32-68-59-54(62(58(65)43-26-24-41(39-60)25-27-43)40-45-18-14-17-42-15-6-7-21-48(42)45)38-52(61-70-55-23-10-13-33-67-55)50-36-44(16-8-11-30-63)49(22-9-12-31-64)56(57(50)59)51-37-46(28-29-53(51)69-59)66-34-35-71-47-19-4-3-5-20-47/h2-7,14-15,17-21,24-29,36-37,44,49,54-57,63-64H,1,8-13,16,22-23,30-35,38,40H2/t44-,49+,54-,55?,56+,57+,59+/m0/s1. The minimum atomic E-state index is -1.48. The molecule has 9 rings (SSSR count). The lowest BCUT2D eigenvalue weighted by Gasteiger charge is -2.60. The number of benzene rings is 5. The molecular formula is C59H65N3O8S. The van der Waals surface area contributed by atoms with E-state index in [1.807, 2.05) is 53.4 Å². The molecule has 1 amide bonds. The van der Waals surface area contributed by atoms with E-state index >= 15 is 4.79 Å². The number of fused-ring (bicyclic) bond motifs is 3. The molecule has 1 unspecified atom stereocenters. The van der Waals surface area contributed by atoms with Gasteiger partial charge in [0.2, 0.25) is 12.1 Å². The predicted octanol–water partition coefficient (Wildman–Crippen LogP) is 11.4. The van der Waals surface area contributed by atoms with Gasteiger partial charge in [0.25, 0.3) is 5.91 Å². The van der Waals surface area contributed by atoms with E-state index < -0.39 is 24.0 Å². The third-order valence-electron chi connectivity index (χ3n) is 14.5. The molecule has 71 heavy (non-hydrogen) atoms. The van der Waals surface area contributed by atoms with Gasteiger partial charge in [-0.1, -0.05) is 90.8 Å². The van der Waals surface area contributed by atoms with Crippen molar-refractivity contribution in [3.8, 4) is 17.6 Å². The number of hydrogen-bond acceptors (Lipinski definition) is 11. The average Bonchev–Trinajstić information content (AvgIpc) is 3.41. The maximum absolute atomic E-state index is 15.7. The highest BCUT2D eigenvalue weighted by Gasteiger charge is 2.65. The summed E-state index contributed by atoms with van der Waals surface area (Å²) in [5.74, 6) is -0.231. The van der Waals surface area contributed by atoms with Crippen molar-refractivity contribution in [2.24, 2.45) is 22.9 Å². The van der Waals surface area contributed by atoms with Crippen LogP contribution in [0.4, 0.5) is 0 Å². The van der Waals surface area contributed by atoms with Crippen LogP contribution >= 0.6 is 11.8 Å². The lowest BCUT2D eigenvalue weighted by atomic mass is 9.55. The highest BCUT2D eigenvalue weighted by molar-refractivity contribution is 7.99. The highest BCUT2D eigenvalue weighted by atomic mass is 32.2. The van der Waals surface area contributed by atoms with Gasteiger partial charge in [0, 0.05) is 60.3 Å². The SMILES string of the molecule is C=CCO[C@@]12Oc3ccc(OCCSc4ccccc4)cc3[C@H]3[C@H](CCCCO)[C@@H](CCCCO)C=C(C(=NOC4CCCCO4)C[C@@H]1N(Cc1cccc4ccccc14)C(=O)c1ccc(C#N)cc1)[C@H]32. The van der Waals surface area contributed by atoms with E-state index in [9.17, 15) is 15.5 Å². The van der Waals surface area contributed by atoms with E-state index in [1.54, 1.807) is 42.1 Å². The molecule has 5 aromatic carbocycles. The van der Waals surface area contributed by atoms with Crippen molar-refractivity contribution in [2.45, 2.75) is 99.7 Å². The summed E-state index contributed by atoms with van der Waals surface area (Å²) in [5.41, 5.74) is 4.46. The Morgan fingerprint density at radius 2 is 1.72 bits per heavy atom. The Morgan fingerprint density at radius 1 is 0.930 bits per heavy atom. The third-order valence-corrected chi connectivity index (χ3v) is 15.5. The van der Waals surface area contributed by atoms with Crippen molar-refractivity contribution in [3.05, 3.63) is 162 Å². The molecule has 2 N–H and O–H groups in total. The Balaban J connectivity index is 1.23. The Hall–Kier alpha value is -5.94. The van der Waals surface area contributed by atoms with Crippen LogP contribution in [0.1, 0.15) is 97.2 Å². The van der Waals surface area contributed by atoms with Gasteiger partial charge in [-0.3, -0.25) is 4.79 Å². The van der Waals surface area contributed by atoms with Gasteiger partial charge in [0.15, 0.2) is 0 Å². The smallest absolute Gasteiger partial charge is 0.254 e. The quantitative estimate of drug-likeness (QED) is 0.0298. The Kier molecular flexibility index (Phi) is 16.9. The largest absolute Gasteiger partial charge is 0.493 e. The van der Waals surface area contributed by atoms with E-state index in [1.165, 1.54) is 4.90 Å². The average molecular weight is 976 g/mol. The van der Waals surface area contributed by atoms with Crippen LogP contribution in [0.3, 0.4) is 0 Å². The number of hydrogen-bond donors (Lipinski definition) is 2. The molecule has 0 aromatic heterocycles. The van der Waals surface area contributed by atoms with Gasteiger partial charge in [0.1, 0.15) is 17.5 Å². The number of carbonyl (C=O) groups excluding carboxylic acids is 1. The molecular weight excluding hydrogens is 911 g/mol. The second-order valence-electron chi connectivity index (χ2n) is 18.9. The molecule has 5 aromatic rings. The van der Waals surface area contributed by atoms with E-state index in [4.69, 9.17) is 28.9 Å². The van der Waals surface area contributed by atoms with E-state index in [-0.39, 0.29) is 56.4 Å².